The van der Waals surface area contributed by atoms with Crippen LogP contribution in [0.1, 0.15) is 28.1 Å². The summed E-state index contributed by atoms with van der Waals surface area (Å²) in [4.78, 5) is 16.0. The van der Waals surface area contributed by atoms with Crippen molar-refractivity contribution in [2.75, 3.05) is 13.1 Å². The van der Waals surface area contributed by atoms with Crippen molar-refractivity contribution in [2.24, 2.45) is 0 Å². The summed E-state index contributed by atoms with van der Waals surface area (Å²) in [5, 5.41) is 5.22. The monoisotopic (exact) mass is 365 g/mol. The van der Waals surface area contributed by atoms with Crippen molar-refractivity contribution in [1.29, 1.82) is 0 Å². The number of piperidine rings is 1. The highest BCUT2D eigenvalue weighted by Crippen LogP contribution is 2.22. The van der Waals surface area contributed by atoms with E-state index in [2.05, 4.69) is 40.5 Å². The normalized spacial score (nSPS) is 15.8. The van der Waals surface area contributed by atoms with E-state index < -0.39 is 0 Å². The third-order valence-corrected chi connectivity index (χ3v) is 5.81. The van der Waals surface area contributed by atoms with Gasteiger partial charge < -0.3 is 9.88 Å². The van der Waals surface area contributed by atoms with Crippen molar-refractivity contribution in [3.63, 3.8) is 0 Å². The predicted octanol–water partition coefficient (Wildman–Crippen LogP) is 3.93. The smallest absolute Gasteiger partial charge is 0.263 e. The maximum absolute atomic E-state index is 12.7. The molecule has 0 saturated carbocycles. The Morgan fingerprint density at radius 3 is 2.50 bits per heavy atom. The SMILES string of the molecule is O=C(NC1CCN(Cc2ccccc2)CC1)c1sccc1-n1cccc1. The predicted molar refractivity (Wildman–Crippen MR) is 106 cm³/mol. The lowest BCUT2D eigenvalue weighted by Gasteiger charge is -2.32. The Morgan fingerprint density at radius 2 is 1.77 bits per heavy atom. The summed E-state index contributed by atoms with van der Waals surface area (Å²) in [5.74, 6) is 0.0465. The zero-order valence-corrected chi connectivity index (χ0v) is 15.5. The second-order valence-electron chi connectivity index (χ2n) is 6.73. The quantitative estimate of drug-likeness (QED) is 0.744. The lowest BCUT2D eigenvalue weighted by molar-refractivity contribution is 0.0913. The Kier molecular flexibility index (Phi) is 5.18. The first-order chi connectivity index (χ1) is 12.8. The van der Waals surface area contributed by atoms with E-state index in [4.69, 9.17) is 0 Å². The fourth-order valence-corrected chi connectivity index (χ4v) is 4.29. The topological polar surface area (TPSA) is 37.3 Å². The van der Waals surface area contributed by atoms with Crippen LogP contribution in [0.2, 0.25) is 0 Å². The zero-order chi connectivity index (χ0) is 17.8. The first kappa shape index (κ1) is 17.1. The maximum Gasteiger partial charge on any atom is 0.263 e. The summed E-state index contributed by atoms with van der Waals surface area (Å²) in [6.45, 7) is 3.04. The number of carbonyl (C=O) groups excluding carboxylic acids is 1. The Hall–Kier alpha value is -2.37. The molecule has 1 aliphatic rings. The number of likely N-dealkylation sites (tertiary alicyclic amines) is 1. The van der Waals surface area contributed by atoms with Crippen molar-refractivity contribution in [2.45, 2.75) is 25.4 Å². The van der Waals surface area contributed by atoms with Crippen LogP contribution in [0.3, 0.4) is 0 Å². The average molecular weight is 366 g/mol. The van der Waals surface area contributed by atoms with Gasteiger partial charge in [-0.2, -0.15) is 0 Å². The molecular weight excluding hydrogens is 342 g/mol. The molecule has 26 heavy (non-hydrogen) atoms. The molecule has 4 nitrogen and oxygen atoms in total. The second kappa shape index (κ2) is 7.89. The maximum atomic E-state index is 12.7. The minimum Gasteiger partial charge on any atom is -0.348 e. The van der Waals surface area contributed by atoms with Crippen molar-refractivity contribution >= 4 is 17.2 Å². The number of aromatic nitrogens is 1. The Bertz CT molecular complexity index is 833. The molecule has 0 atom stereocenters. The van der Waals surface area contributed by atoms with E-state index in [0.717, 1.165) is 43.0 Å². The summed E-state index contributed by atoms with van der Waals surface area (Å²) in [6.07, 6.45) is 5.95. The molecule has 1 aromatic carbocycles. The third kappa shape index (κ3) is 3.89. The van der Waals surface area contributed by atoms with Crippen molar-refractivity contribution < 1.29 is 4.79 Å². The van der Waals surface area contributed by atoms with E-state index in [1.165, 1.54) is 16.9 Å². The second-order valence-corrected chi connectivity index (χ2v) is 7.65. The molecule has 1 amide bonds. The van der Waals surface area contributed by atoms with Crippen molar-refractivity contribution in [1.82, 2.24) is 14.8 Å². The van der Waals surface area contributed by atoms with E-state index >= 15 is 0 Å². The number of carbonyl (C=O) groups is 1. The first-order valence-electron chi connectivity index (χ1n) is 9.07. The summed E-state index contributed by atoms with van der Waals surface area (Å²) in [6, 6.07) is 16.8. The molecule has 4 rings (SSSR count). The van der Waals surface area contributed by atoms with Crippen LogP contribution >= 0.6 is 11.3 Å². The minimum absolute atomic E-state index is 0.0465. The van der Waals surface area contributed by atoms with E-state index in [1.54, 1.807) is 0 Å². The Morgan fingerprint density at radius 1 is 1.04 bits per heavy atom. The van der Waals surface area contributed by atoms with Crippen molar-refractivity contribution in [3.05, 3.63) is 76.7 Å². The molecule has 2 aromatic heterocycles. The first-order valence-corrected chi connectivity index (χ1v) is 9.95. The van der Waals surface area contributed by atoms with Gasteiger partial charge in [0.25, 0.3) is 5.91 Å². The minimum atomic E-state index is 0.0465. The van der Waals surface area contributed by atoms with E-state index in [1.807, 2.05) is 40.5 Å². The van der Waals surface area contributed by atoms with Gasteiger partial charge in [0.05, 0.1) is 5.69 Å². The van der Waals surface area contributed by atoms with Gasteiger partial charge in [-0.05, 0) is 42.0 Å². The van der Waals surface area contributed by atoms with Gasteiger partial charge in [0.1, 0.15) is 4.88 Å². The van der Waals surface area contributed by atoms with Crippen molar-refractivity contribution in [3.8, 4) is 5.69 Å². The number of nitrogens with zero attached hydrogens (tertiary/aromatic N) is 2. The van der Waals surface area contributed by atoms with Crippen LogP contribution in [-0.2, 0) is 6.54 Å². The zero-order valence-electron chi connectivity index (χ0n) is 14.7. The van der Waals surface area contributed by atoms with Crippen LogP contribution in [-0.4, -0.2) is 34.5 Å². The molecule has 1 fully saturated rings. The molecular formula is C21H23N3OS. The summed E-state index contributed by atoms with van der Waals surface area (Å²) in [7, 11) is 0. The lowest BCUT2D eigenvalue weighted by Crippen LogP contribution is -2.44. The molecule has 1 saturated heterocycles. The largest absolute Gasteiger partial charge is 0.348 e. The molecule has 0 radical (unpaired) electrons. The van der Waals surface area contributed by atoms with E-state index in [-0.39, 0.29) is 11.9 Å². The number of thiophene rings is 1. The van der Waals surface area contributed by atoms with Crippen LogP contribution in [0.5, 0.6) is 0 Å². The van der Waals surface area contributed by atoms with Gasteiger partial charge in [0.2, 0.25) is 0 Å². The fourth-order valence-electron chi connectivity index (χ4n) is 3.50. The summed E-state index contributed by atoms with van der Waals surface area (Å²) in [5.41, 5.74) is 2.31. The molecule has 0 unspecified atom stereocenters. The van der Waals surface area contributed by atoms with Gasteiger partial charge in [-0.3, -0.25) is 9.69 Å². The van der Waals surface area contributed by atoms with E-state index in [0.29, 0.717) is 0 Å². The third-order valence-electron chi connectivity index (χ3n) is 4.91. The highest BCUT2D eigenvalue weighted by molar-refractivity contribution is 7.12. The number of amides is 1. The van der Waals surface area contributed by atoms with Crippen LogP contribution in [0.15, 0.2) is 66.3 Å². The number of hydrogen-bond acceptors (Lipinski definition) is 3. The molecule has 1 aliphatic heterocycles. The standard InChI is InChI=1S/C21H23N3OS/c25-21(20-19(10-15-26-20)24-11-4-5-12-24)22-18-8-13-23(14-9-18)16-17-6-2-1-3-7-17/h1-7,10-12,15,18H,8-9,13-14,16H2,(H,22,25). The van der Waals surface area contributed by atoms with E-state index in [9.17, 15) is 4.79 Å². The average Bonchev–Trinajstić information content (AvgIpc) is 3.35. The van der Waals surface area contributed by atoms with Gasteiger partial charge in [-0.25, -0.2) is 0 Å². The Labute approximate surface area is 158 Å². The highest BCUT2D eigenvalue weighted by Gasteiger charge is 2.23. The van der Waals surface area contributed by atoms with Gasteiger partial charge in [0.15, 0.2) is 0 Å². The lowest BCUT2D eigenvalue weighted by atomic mass is 10.0. The Balaban J connectivity index is 1.32. The molecule has 0 spiro atoms. The molecule has 5 heteroatoms. The summed E-state index contributed by atoms with van der Waals surface area (Å²) >= 11 is 1.50. The van der Waals surface area contributed by atoms with Crippen LogP contribution in [0.25, 0.3) is 5.69 Å². The molecule has 0 aliphatic carbocycles. The number of benzene rings is 1. The molecule has 0 bridgehead atoms. The highest BCUT2D eigenvalue weighted by atomic mass is 32.1. The van der Waals surface area contributed by atoms with Crippen LogP contribution in [0.4, 0.5) is 0 Å². The van der Waals surface area contributed by atoms with Gasteiger partial charge in [0, 0.05) is 38.1 Å². The van der Waals surface area contributed by atoms with Gasteiger partial charge >= 0.3 is 0 Å². The van der Waals surface area contributed by atoms with Crippen LogP contribution < -0.4 is 5.32 Å². The number of rotatable bonds is 5. The fraction of sp³-hybridized carbons (Fsp3) is 0.286. The van der Waals surface area contributed by atoms with Gasteiger partial charge in [-0.1, -0.05) is 30.3 Å². The summed E-state index contributed by atoms with van der Waals surface area (Å²) < 4.78 is 1.99. The molecule has 3 aromatic rings. The number of nitrogens with one attached hydrogen (secondary N) is 1. The number of hydrogen-bond donors (Lipinski definition) is 1. The van der Waals surface area contributed by atoms with Crippen LogP contribution in [0, 0.1) is 0 Å². The molecule has 1 N–H and O–H groups in total. The molecule has 134 valence electrons. The molecule has 3 heterocycles. The van der Waals surface area contributed by atoms with Gasteiger partial charge in [-0.15, -0.1) is 11.3 Å².